The number of aromatic amines is 1. The highest BCUT2D eigenvalue weighted by molar-refractivity contribution is 5.48. The molecular weight excluding hydrogens is 266 g/mol. The molecule has 6 nitrogen and oxygen atoms in total. The van der Waals surface area contributed by atoms with Crippen molar-refractivity contribution in [3.8, 4) is 17.2 Å². The van der Waals surface area contributed by atoms with Gasteiger partial charge in [0.2, 0.25) is 5.82 Å². The van der Waals surface area contributed by atoms with Crippen LogP contribution in [0.1, 0.15) is 24.8 Å². The molecule has 106 valence electrons. The first-order valence-corrected chi connectivity index (χ1v) is 7.05. The molecule has 0 amide bonds. The minimum absolute atomic E-state index is 0.0439. The topological polar surface area (TPSA) is 68.6 Å². The third-order valence-electron chi connectivity index (χ3n) is 3.58. The van der Waals surface area contributed by atoms with Crippen LogP contribution in [0.25, 0.3) is 17.2 Å². The van der Waals surface area contributed by atoms with E-state index < -0.39 is 0 Å². The lowest BCUT2D eigenvalue weighted by atomic mass is 10.2. The van der Waals surface area contributed by atoms with Crippen LogP contribution in [-0.2, 0) is 4.74 Å². The van der Waals surface area contributed by atoms with Gasteiger partial charge in [-0.25, -0.2) is 9.67 Å². The summed E-state index contributed by atoms with van der Waals surface area (Å²) in [6.45, 7) is 0.795. The molecule has 21 heavy (non-hydrogen) atoms. The summed E-state index contributed by atoms with van der Waals surface area (Å²) >= 11 is 0. The number of rotatable bonds is 3. The first-order chi connectivity index (χ1) is 10.4. The maximum absolute atomic E-state index is 5.60. The quantitative estimate of drug-likeness (QED) is 0.801. The van der Waals surface area contributed by atoms with Gasteiger partial charge in [0.15, 0.2) is 5.82 Å². The highest BCUT2D eigenvalue weighted by Gasteiger charge is 2.22. The van der Waals surface area contributed by atoms with E-state index >= 15 is 0 Å². The second-order valence-corrected chi connectivity index (χ2v) is 5.03. The summed E-state index contributed by atoms with van der Waals surface area (Å²) in [6.07, 6.45) is 4.02. The van der Waals surface area contributed by atoms with E-state index in [1.807, 2.05) is 47.3 Å². The predicted octanol–water partition coefficient (Wildman–Crippen LogP) is 2.51. The summed E-state index contributed by atoms with van der Waals surface area (Å²) in [4.78, 5) is 4.50. The molecule has 1 aliphatic heterocycles. The van der Waals surface area contributed by atoms with Crippen LogP contribution < -0.4 is 0 Å². The van der Waals surface area contributed by atoms with E-state index in [9.17, 15) is 0 Å². The van der Waals surface area contributed by atoms with E-state index in [0.29, 0.717) is 5.82 Å². The van der Waals surface area contributed by atoms with Gasteiger partial charge in [-0.05, 0) is 31.0 Å². The van der Waals surface area contributed by atoms with Crippen molar-refractivity contribution in [2.75, 3.05) is 6.61 Å². The van der Waals surface area contributed by atoms with Gasteiger partial charge in [-0.2, -0.15) is 10.2 Å². The molecular formula is C15H15N5O. The second kappa shape index (κ2) is 5.14. The van der Waals surface area contributed by atoms with Crippen molar-refractivity contribution < 1.29 is 4.74 Å². The normalized spacial score (nSPS) is 18.2. The zero-order valence-corrected chi connectivity index (χ0v) is 11.4. The molecule has 1 aliphatic rings. The molecule has 0 aliphatic carbocycles. The second-order valence-electron chi connectivity index (χ2n) is 5.03. The van der Waals surface area contributed by atoms with Crippen LogP contribution in [0.3, 0.4) is 0 Å². The molecule has 2 aromatic heterocycles. The third kappa shape index (κ3) is 2.34. The van der Waals surface area contributed by atoms with Gasteiger partial charge in [0.05, 0.1) is 5.69 Å². The van der Waals surface area contributed by atoms with E-state index in [1.165, 1.54) is 0 Å². The Kier molecular flexibility index (Phi) is 3.01. The van der Waals surface area contributed by atoms with Gasteiger partial charge >= 0.3 is 0 Å². The largest absolute Gasteiger partial charge is 0.370 e. The highest BCUT2D eigenvalue weighted by atomic mass is 16.5. The molecule has 1 N–H and O–H groups in total. The number of aromatic nitrogens is 5. The van der Waals surface area contributed by atoms with Crippen LogP contribution in [0.15, 0.2) is 42.6 Å². The summed E-state index contributed by atoms with van der Waals surface area (Å²) in [6, 6.07) is 11.9. The molecule has 1 fully saturated rings. The third-order valence-corrected chi connectivity index (χ3v) is 3.58. The van der Waals surface area contributed by atoms with E-state index in [-0.39, 0.29) is 6.10 Å². The van der Waals surface area contributed by atoms with Crippen molar-refractivity contribution in [3.05, 3.63) is 48.4 Å². The van der Waals surface area contributed by atoms with Crippen LogP contribution >= 0.6 is 0 Å². The van der Waals surface area contributed by atoms with Gasteiger partial charge in [-0.1, -0.05) is 18.2 Å². The number of H-pyrrole nitrogens is 1. The molecule has 0 unspecified atom stereocenters. The maximum atomic E-state index is 5.60. The van der Waals surface area contributed by atoms with Crippen LogP contribution in [0, 0.1) is 0 Å². The molecule has 3 aromatic rings. The lowest BCUT2D eigenvalue weighted by Gasteiger charge is -2.02. The fourth-order valence-corrected chi connectivity index (χ4v) is 2.49. The first kappa shape index (κ1) is 12.3. The fourth-order valence-electron chi connectivity index (χ4n) is 2.49. The lowest BCUT2D eigenvalue weighted by molar-refractivity contribution is 0.105. The Morgan fingerprint density at radius 3 is 2.90 bits per heavy atom. The maximum Gasteiger partial charge on any atom is 0.201 e. The van der Waals surface area contributed by atoms with E-state index in [1.54, 1.807) is 0 Å². The molecule has 0 saturated carbocycles. The Labute approximate surface area is 121 Å². The molecule has 0 spiro atoms. The van der Waals surface area contributed by atoms with Gasteiger partial charge in [0, 0.05) is 12.8 Å². The molecule has 1 atom stereocenters. The zero-order chi connectivity index (χ0) is 14.1. The molecule has 6 heteroatoms. The minimum atomic E-state index is 0.0439. The molecule has 1 aromatic carbocycles. The average molecular weight is 281 g/mol. The molecule has 1 saturated heterocycles. The van der Waals surface area contributed by atoms with Gasteiger partial charge in [0.25, 0.3) is 0 Å². The average Bonchev–Trinajstić information content (AvgIpc) is 3.27. The number of para-hydroxylation sites is 1. The Bertz CT molecular complexity index is 727. The Balaban J connectivity index is 1.61. The van der Waals surface area contributed by atoms with Crippen molar-refractivity contribution >= 4 is 0 Å². The lowest BCUT2D eigenvalue weighted by Crippen LogP contribution is -1.98. The van der Waals surface area contributed by atoms with Gasteiger partial charge in [-0.3, -0.25) is 5.10 Å². The van der Waals surface area contributed by atoms with Crippen LogP contribution in [0.4, 0.5) is 0 Å². The van der Waals surface area contributed by atoms with Crippen LogP contribution in [0.2, 0.25) is 0 Å². The summed E-state index contributed by atoms with van der Waals surface area (Å²) in [5.41, 5.74) is 1.76. The first-order valence-electron chi connectivity index (χ1n) is 7.05. The number of hydrogen-bond donors (Lipinski definition) is 1. The molecule has 0 bridgehead atoms. The van der Waals surface area contributed by atoms with Crippen molar-refractivity contribution in [2.45, 2.75) is 18.9 Å². The SMILES string of the molecule is c1ccc(-n2ccc(-c3n[nH]c([C@H]4CCCO4)n3)n2)cc1. The fraction of sp³-hybridized carbons (Fsp3) is 0.267. The van der Waals surface area contributed by atoms with Crippen molar-refractivity contribution in [1.29, 1.82) is 0 Å². The minimum Gasteiger partial charge on any atom is -0.370 e. The number of hydrogen-bond acceptors (Lipinski definition) is 4. The van der Waals surface area contributed by atoms with E-state index in [0.717, 1.165) is 36.7 Å². The Hall–Kier alpha value is -2.47. The van der Waals surface area contributed by atoms with Gasteiger partial charge in [0.1, 0.15) is 11.8 Å². The highest BCUT2D eigenvalue weighted by Crippen LogP contribution is 2.26. The Morgan fingerprint density at radius 2 is 2.10 bits per heavy atom. The van der Waals surface area contributed by atoms with Gasteiger partial charge < -0.3 is 4.74 Å². The zero-order valence-electron chi connectivity index (χ0n) is 11.4. The van der Waals surface area contributed by atoms with Crippen molar-refractivity contribution in [1.82, 2.24) is 25.0 Å². The number of ether oxygens (including phenoxy) is 1. The molecule has 0 radical (unpaired) electrons. The summed E-state index contributed by atoms with van der Waals surface area (Å²) in [5, 5.41) is 11.7. The number of nitrogens with zero attached hydrogens (tertiary/aromatic N) is 4. The standard InChI is InChI=1S/C15H15N5O/c1-2-5-11(6-3-1)20-9-8-12(19-20)14-16-15(18-17-14)13-7-4-10-21-13/h1-3,5-6,8-9,13H,4,7,10H2,(H,16,17,18)/t13-/m1/s1. The predicted molar refractivity (Wildman–Crippen MR) is 76.9 cm³/mol. The molecule has 4 rings (SSSR count). The van der Waals surface area contributed by atoms with Crippen molar-refractivity contribution in [3.63, 3.8) is 0 Å². The smallest absolute Gasteiger partial charge is 0.201 e. The van der Waals surface area contributed by atoms with Gasteiger partial charge in [-0.15, -0.1) is 0 Å². The van der Waals surface area contributed by atoms with E-state index in [2.05, 4.69) is 20.3 Å². The van der Waals surface area contributed by atoms with E-state index in [4.69, 9.17) is 4.74 Å². The summed E-state index contributed by atoms with van der Waals surface area (Å²) < 4.78 is 7.42. The summed E-state index contributed by atoms with van der Waals surface area (Å²) in [5.74, 6) is 1.40. The Morgan fingerprint density at radius 1 is 1.19 bits per heavy atom. The number of benzene rings is 1. The number of nitrogens with one attached hydrogen (secondary N) is 1. The molecule has 3 heterocycles. The van der Waals surface area contributed by atoms with Crippen LogP contribution in [-0.4, -0.2) is 31.6 Å². The van der Waals surface area contributed by atoms with Crippen molar-refractivity contribution in [2.24, 2.45) is 0 Å². The summed E-state index contributed by atoms with van der Waals surface area (Å²) in [7, 11) is 0. The monoisotopic (exact) mass is 281 g/mol. The van der Waals surface area contributed by atoms with Crippen LogP contribution in [0.5, 0.6) is 0 Å².